The Morgan fingerprint density at radius 3 is 2.05 bits per heavy atom. The Morgan fingerprint density at radius 2 is 1.46 bits per heavy atom. The number of nitrogens with zero attached hydrogens (tertiary/aromatic N) is 5. The fourth-order valence-corrected chi connectivity index (χ4v) is 8.18. The van der Waals surface area contributed by atoms with E-state index in [1.165, 1.54) is 0 Å². The maximum atomic E-state index is 13.1. The molecule has 9 N–H and O–H groups in total. The van der Waals surface area contributed by atoms with Crippen LogP contribution >= 0.6 is 11.3 Å². The van der Waals surface area contributed by atoms with E-state index in [2.05, 4.69) is 41.8 Å². The number of sulfonamides is 1. The van der Waals surface area contributed by atoms with Gasteiger partial charge in [-0.25, -0.2) is 13.6 Å². The molecule has 4 amide bonds. The molecule has 23 heteroatoms. The van der Waals surface area contributed by atoms with Crippen molar-refractivity contribution in [1.82, 2.24) is 41.1 Å². The molecule has 0 aliphatic heterocycles. The lowest BCUT2D eigenvalue weighted by Crippen LogP contribution is -2.49. The van der Waals surface area contributed by atoms with Crippen molar-refractivity contribution >= 4 is 61.9 Å². The molecule has 2 heterocycles. The van der Waals surface area contributed by atoms with Crippen LogP contribution in [0.4, 0.5) is 5.13 Å². The average Bonchev–Trinajstić information content (AvgIpc) is 3.91. The smallest absolute Gasteiger partial charge is 0.307 e. The number of carboxylic acid groups (broad SMARTS) is 1. The quantitative estimate of drug-likeness (QED) is 0.0315. The molecule has 2 aromatic carbocycles. The Kier molecular flexibility index (Phi) is 19.0. The molecule has 0 radical (unpaired) electrons. The molecular weight excluding hydrogens is 885 g/mol. The number of amides is 4. The minimum atomic E-state index is -4.02. The zero-order chi connectivity index (χ0) is 47.7. The molecule has 0 bridgehead atoms. The second-order valence-electron chi connectivity index (χ2n) is 16.1. The Hall–Kier alpha value is -6.33. The SMILES string of the molecule is CC(C)NC(=O)[C@H](CCCCn1cc(CCCC(=O)Nc2nnc(S(N)(=O)=O)s2)nn1)NC(=O)CC(CC(=O)CCNC(=O)CCC(C)(c1ccc(O)cc1)c1ccc(O)cc1)C(=O)O. The van der Waals surface area contributed by atoms with E-state index in [0.717, 1.165) is 11.1 Å². The van der Waals surface area contributed by atoms with Gasteiger partial charge in [0, 0.05) is 62.8 Å². The number of primary sulfonamides is 1. The Morgan fingerprint density at radius 1 is 0.815 bits per heavy atom. The number of carbonyl (C=O) groups is 6. The van der Waals surface area contributed by atoms with Crippen LogP contribution in [0, 0.1) is 5.92 Å². The van der Waals surface area contributed by atoms with Crippen LogP contribution in [0.25, 0.3) is 0 Å². The number of hydrogen-bond acceptors (Lipinski definition) is 15. The third-order valence-electron chi connectivity index (χ3n) is 10.4. The molecule has 0 aliphatic carbocycles. The van der Waals surface area contributed by atoms with Crippen LogP contribution in [0.2, 0.25) is 0 Å². The zero-order valence-corrected chi connectivity index (χ0v) is 38.0. The number of phenolic OH excluding ortho intramolecular Hbond substituents is 2. The zero-order valence-electron chi connectivity index (χ0n) is 36.4. The van der Waals surface area contributed by atoms with Gasteiger partial charge in [0.05, 0.1) is 11.6 Å². The van der Waals surface area contributed by atoms with Gasteiger partial charge in [-0.1, -0.05) is 47.7 Å². The number of unbranched alkanes of at least 4 members (excludes halogenated alkanes) is 1. The maximum absolute atomic E-state index is 13.1. The van der Waals surface area contributed by atoms with Crippen molar-refractivity contribution < 1.29 is 52.5 Å². The van der Waals surface area contributed by atoms with Gasteiger partial charge in [0.25, 0.3) is 10.0 Å². The molecule has 4 aromatic rings. The average molecular weight is 941 g/mol. The highest BCUT2D eigenvalue weighted by molar-refractivity contribution is 7.91. The molecule has 4 rings (SSSR count). The predicted octanol–water partition coefficient (Wildman–Crippen LogP) is 2.67. The van der Waals surface area contributed by atoms with Gasteiger partial charge in [0.15, 0.2) is 0 Å². The second-order valence-corrected chi connectivity index (χ2v) is 18.8. The molecule has 0 saturated heterocycles. The first-order valence-electron chi connectivity index (χ1n) is 21.0. The van der Waals surface area contributed by atoms with E-state index < -0.39 is 74.1 Å². The summed E-state index contributed by atoms with van der Waals surface area (Å²) in [6, 6.07) is 12.1. The minimum Gasteiger partial charge on any atom is -0.508 e. The minimum absolute atomic E-state index is 0.00911. The third-order valence-corrected chi connectivity index (χ3v) is 12.5. The van der Waals surface area contributed by atoms with E-state index in [1.807, 2.05) is 6.92 Å². The van der Waals surface area contributed by atoms with Crippen molar-refractivity contribution in [3.8, 4) is 11.5 Å². The van der Waals surface area contributed by atoms with Crippen molar-refractivity contribution in [3.63, 3.8) is 0 Å². The van der Waals surface area contributed by atoms with Crippen LogP contribution in [0.15, 0.2) is 59.1 Å². The van der Waals surface area contributed by atoms with E-state index in [4.69, 9.17) is 5.14 Å². The lowest BCUT2D eigenvalue weighted by molar-refractivity contribution is -0.146. The molecule has 0 saturated carbocycles. The van der Waals surface area contributed by atoms with Crippen LogP contribution in [0.5, 0.6) is 11.5 Å². The number of rotatable bonds is 27. The number of carbonyl (C=O) groups excluding carboxylic acids is 5. The molecule has 2 aromatic heterocycles. The van der Waals surface area contributed by atoms with E-state index in [9.17, 15) is 52.5 Å². The van der Waals surface area contributed by atoms with Crippen LogP contribution in [-0.2, 0) is 57.2 Å². The van der Waals surface area contributed by atoms with Crippen LogP contribution in [-0.4, -0.2) is 103 Å². The van der Waals surface area contributed by atoms with Crippen LogP contribution < -0.4 is 26.4 Å². The summed E-state index contributed by atoms with van der Waals surface area (Å²) in [6.07, 6.45) is 3.21. The fraction of sp³-hybridized carbons (Fsp3) is 0.476. The number of benzene rings is 2. The number of aromatic hydroxyl groups is 2. The first-order valence-corrected chi connectivity index (χ1v) is 23.3. The summed E-state index contributed by atoms with van der Waals surface area (Å²) < 4.78 is 23.9. The molecule has 65 heavy (non-hydrogen) atoms. The number of nitrogens with one attached hydrogen (secondary N) is 4. The van der Waals surface area contributed by atoms with E-state index >= 15 is 0 Å². The summed E-state index contributed by atoms with van der Waals surface area (Å²) in [7, 11) is -4.02. The lowest BCUT2D eigenvalue weighted by Gasteiger charge is -2.31. The van der Waals surface area contributed by atoms with Crippen molar-refractivity contribution in [2.24, 2.45) is 11.1 Å². The van der Waals surface area contributed by atoms with Crippen molar-refractivity contribution in [1.29, 1.82) is 0 Å². The number of aryl methyl sites for hydroxylation is 2. The normalized spacial score (nSPS) is 12.6. The van der Waals surface area contributed by atoms with E-state index in [-0.39, 0.29) is 60.8 Å². The lowest BCUT2D eigenvalue weighted by atomic mass is 9.73. The number of carboxylic acids is 1. The van der Waals surface area contributed by atoms with Gasteiger partial charge >= 0.3 is 5.97 Å². The third kappa shape index (κ3) is 17.0. The fourth-order valence-electron chi connectivity index (χ4n) is 6.83. The number of hydrogen-bond donors (Lipinski definition) is 8. The van der Waals surface area contributed by atoms with Crippen molar-refractivity contribution in [2.75, 3.05) is 11.9 Å². The molecule has 0 aliphatic rings. The van der Waals surface area contributed by atoms with Crippen molar-refractivity contribution in [2.45, 2.75) is 120 Å². The summed E-state index contributed by atoms with van der Waals surface area (Å²) >= 11 is 0.642. The number of Topliss-reactive ketones (excluding diaryl/α,β-unsaturated/α-hetero) is 1. The highest BCUT2D eigenvalue weighted by Crippen LogP contribution is 2.37. The summed E-state index contributed by atoms with van der Waals surface area (Å²) in [6.45, 7) is 5.86. The number of phenols is 2. The van der Waals surface area contributed by atoms with Crippen LogP contribution in [0.3, 0.4) is 0 Å². The monoisotopic (exact) mass is 940 g/mol. The Balaban J connectivity index is 1.19. The molecule has 0 spiro atoms. The highest BCUT2D eigenvalue weighted by Gasteiger charge is 2.31. The highest BCUT2D eigenvalue weighted by atomic mass is 32.2. The van der Waals surface area contributed by atoms with Gasteiger partial charge in [-0.3, -0.25) is 33.4 Å². The maximum Gasteiger partial charge on any atom is 0.307 e. The van der Waals surface area contributed by atoms with Gasteiger partial charge in [-0.05, 0) is 87.8 Å². The predicted molar refractivity (Wildman–Crippen MR) is 237 cm³/mol. The van der Waals surface area contributed by atoms with Gasteiger partial charge < -0.3 is 36.6 Å². The number of anilines is 1. The molecular formula is C42H56N10O11S2. The van der Waals surface area contributed by atoms with Gasteiger partial charge in [-0.2, -0.15) is 0 Å². The Labute approximate surface area is 380 Å². The first-order chi connectivity index (χ1) is 30.7. The molecule has 352 valence electrons. The van der Waals surface area contributed by atoms with Crippen LogP contribution in [0.1, 0.15) is 102 Å². The molecule has 2 atom stereocenters. The largest absolute Gasteiger partial charge is 0.508 e. The van der Waals surface area contributed by atoms with Gasteiger partial charge in [-0.15, -0.1) is 15.3 Å². The Bertz CT molecular complexity index is 2320. The number of ketones is 1. The van der Waals surface area contributed by atoms with Gasteiger partial charge in [0.2, 0.25) is 33.1 Å². The molecule has 0 fully saturated rings. The van der Waals surface area contributed by atoms with E-state index in [0.29, 0.717) is 55.7 Å². The standard InChI is InChI=1S/C42H56N10O11S2/c1-26(2)45-38(59)34(8-4-5-22-52-25-30(48-51-52)7-6-9-36(57)47-40-49-50-41(64-40)65(43,62)63)46-37(58)24-27(39(60)61)23-33(55)19-21-44-35(56)18-20-42(3,28-10-14-31(53)15-11-28)29-12-16-32(54)17-13-29/h10-17,25-27,34,53-54H,4-9,18-24H2,1-3H3,(H,44,56)(H,45,59)(H,46,58)(H,60,61)(H2,43,62,63)(H,47,49,57)/t27?,34-/m0/s1. The molecule has 21 nitrogen and oxygen atoms in total. The first kappa shape index (κ1) is 51.3. The summed E-state index contributed by atoms with van der Waals surface area (Å²) in [5, 5.41) is 60.4. The summed E-state index contributed by atoms with van der Waals surface area (Å²) in [4.78, 5) is 76.3. The summed E-state index contributed by atoms with van der Waals surface area (Å²) in [5.41, 5.74) is 1.66. The number of aliphatic carboxylic acids is 1. The van der Waals surface area contributed by atoms with E-state index in [1.54, 1.807) is 73.3 Å². The van der Waals surface area contributed by atoms with Crippen molar-refractivity contribution in [3.05, 3.63) is 71.5 Å². The topological polar surface area (TPSA) is 328 Å². The second kappa shape index (κ2) is 24.1. The number of nitrogens with two attached hydrogens (primary N) is 1. The molecule has 1 unspecified atom stereocenters. The number of aromatic nitrogens is 5. The van der Waals surface area contributed by atoms with Gasteiger partial charge in [0.1, 0.15) is 23.3 Å². The summed E-state index contributed by atoms with van der Waals surface area (Å²) in [5.74, 6) is -4.87.